The first kappa shape index (κ1) is 22.0. The van der Waals surface area contributed by atoms with E-state index in [1.165, 1.54) is 24.3 Å². The summed E-state index contributed by atoms with van der Waals surface area (Å²) in [5.41, 5.74) is 2.42. The third-order valence-electron chi connectivity index (χ3n) is 4.73. The summed E-state index contributed by atoms with van der Waals surface area (Å²) in [6, 6.07) is 12.9. The molecule has 0 saturated carbocycles. The minimum atomic E-state index is -3.85. The van der Waals surface area contributed by atoms with E-state index < -0.39 is 15.9 Å². The van der Waals surface area contributed by atoms with Gasteiger partial charge in [0, 0.05) is 32.9 Å². The molecule has 10 heteroatoms. The number of benzene rings is 2. The molecule has 0 aliphatic heterocycles. The molecule has 0 aliphatic rings. The Morgan fingerprint density at radius 2 is 1.72 bits per heavy atom. The lowest BCUT2D eigenvalue weighted by Gasteiger charge is -2.09. The van der Waals surface area contributed by atoms with Crippen LogP contribution in [-0.4, -0.2) is 24.3 Å². The van der Waals surface area contributed by atoms with E-state index in [0.717, 1.165) is 15.4 Å². The summed E-state index contributed by atoms with van der Waals surface area (Å²) in [6.07, 6.45) is 0. The van der Waals surface area contributed by atoms with Gasteiger partial charge >= 0.3 is 0 Å². The molecule has 2 heterocycles. The van der Waals surface area contributed by atoms with Gasteiger partial charge in [-0.2, -0.15) is 0 Å². The monoisotopic (exact) mass is 514 g/mol. The van der Waals surface area contributed by atoms with Crippen molar-refractivity contribution in [3.63, 3.8) is 0 Å². The third-order valence-corrected chi connectivity index (χ3v) is 6.60. The van der Waals surface area contributed by atoms with E-state index in [4.69, 9.17) is 4.42 Å². The van der Waals surface area contributed by atoms with E-state index in [9.17, 15) is 13.2 Å². The number of anilines is 2. The lowest BCUT2D eigenvalue weighted by molar-refractivity contribution is 0.0998. The van der Waals surface area contributed by atoms with Crippen LogP contribution in [0.25, 0.3) is 11.0 Å². The van der Waals surface area contributed by atoms with E-state index in [0.29, 0.717) is 22.8 Å². The summed E-state index contributed by atoms with van der Waals surface area (Å²) < 4.78 is 34.4. The molecule has 0 bridgehead atoms. The maximum Gasteiger partial charge on any atom is 0.291 e. The highest BCUT2D eigenvalue weighted by molar-refractivity contribution is 9.10. The zero-order valence-electron chi connectivity index (χ0n) is 17.4. The number of carbonyl (C=O) groups excluding carboxylic acids is 1. The number of aryl methyl sites for hydroxylation is 3. The molecule has 1 amide bonds. The highest BCUT2D eigenvalue weighted by Gasteiger charge is 2.19. The number of amides is 1. The molecule has 0 fully saturated rings. The van der Waals surface area contributed by atoms with E-state index in [-0.39, 0.29) is 16.5 Å². The Labute approximate surface area is 193 Å². The van der Waals surface area contributed by atoms with Crippen molar-refractivity contribution in [2.45, 2.75) is 25.7 Å². The highest BCUT2D eigenvalue weighted by atomic mass is 79.9. The van der Waals surface area contributed by atoms with Gasteiger partial charge in [0.1, 0.15) is 17.2 Å². The summed E-state index contributed by atoms with van der Waals surface area (Å²) >= 11 is 3.41. The van der Waals surface area contributed by atoms with Crippen molar-refractivity contribution < 1.29 is 17.6 Å². The maximum atomic E-state index is 12.7. The van der Waals surface area contributed by atoms with Crippen LogP contribution >= 0.6 is 15.9 Å². The lowest BCUT2D eigenvalue weighted by atomic mass is 10.1. The number of sulfonamides is 1. The van der Waals surface area contributed by atoms with Gasteiger partial charge in [-0.1, -0.05) is 15.9 Å². The van der Waals surface area contributed by atoms with Crippen LogP contribution in [0.3, 0.4) is 0 Å². The number of fused-ring (bicyclic) bond motifs is 1. The Hall–Kier alpha value is -3.24. The van der Waals surface area contributed by atoms with Gasteiger partial charge in [-0.25, -0.2) is 18.4 Å². The number of halogens is 1. The SMILES string of the molecule is Cc1cc(NS(=O)(=O)c2ccc(NC(=O)c3oc4ccc(Br)cc4c3C)cc2)nc(C)n1. The second-order valence-electron chi connectivity index (χ2n) is 7.22. The van der Waals surface area contributed by atoms with Crippen molar-refractivity contribution in [3.8, 4) is 0 Å². The number of carbonyl (C=O) groups is 1. The number of rotatable bonds is 5. The molecule has 0 radical (unpaired) electrons. The van der Waals surface area contributed by atoms with Crippen molar-refractivity contribution in [1.29, 1.82) is 0 Å². The van der Waals surface area contributed by atoms with Crippen LogP contribution in [-0.2, 0) is 10.0 Å². The fourth-order valence-corrected chi connectivity index (χ4v) is 4.63. The molecule has 0 spiro atoms. The number of aromatic nitrogens is 2. The molecular weight excluding hydrogens is 496 g/mol. The van der Waals surface area contributed by atoms with Gasteiger partial charge in [-0.3, -0.25) is 9.52 Å². The Morgan fingerprint density at radius 3 is 2.41 bits per heavy atom. The molecule has 2 aromatic heterocycles. The normalized spacial score (nSPS) is 11.5. The zero-order valence-corrected chi connectivity index (χ0v) is 19.8. The van der Waals surface area contributed by atoms with Crippen molar-refractivity contribution in [1.82, 2.24) is 9.97 Å². The molecule has 0 atom stereocenters. The smallest absolute Gasteiger partial charge is 0.291 e. The van der Waals surface area contributed by atoms with Crippen molar-refractivity contribution in [2.75, 3.05) is 10.0 Å². The molecule has 4 rings (SSSR count). The van der Waals surface area contributed by atoms with Gasteiger partial charge in [0.25, 0.3) is 15.9 Å². The van der Waals surface area contributed by atoms with Gasteiger partial charge in [-0.05, 0) is 63.2 Å². The van der Waals surface area contributed by atoms with Crippen LogP contribution < -0.4 is 10.0 Å². The number of nitrogens with one attached hydrogen (secondary N) is 2. The van der Waals surface area contributed by atoms with Crippen LogP contribution in [0.5, 0.6) is 0 Å². The standard InChI is InChI=1S/C22H19BrN4O4S/c1-12-10-20(25-14(3)24-12)27-32(29,30)17-7-5-16(6-8-17)26-22(28)21-13(2)18-11-15(23)4-9-19(18)31-21/h4-11H,1-3H3,(H,26,28)(H,24,25,27). The molecule has 2 aromatic carbocycles. The van der Waals surface area contributed by atoms with E-state index >= 15 is 0 Å². The predicted octanol–water partition coefficient (Wildman–Crippen LogP) is 4.96. The van der Waals surface area contributed by atoms with Crippen LogP contribution in [0.15, 0.2) is 62.3 Å². The van der Waals surface area contributed by atoms with E-state index in [1.807, 2.05) is 19.1 Å². The van der Waals surface area contributed by atoms with Gasteiger partial charge in [0.15, 0.2) is 5.76 Å². The molecule has 0 unspecified atom stereocenters. The number of nitrogens with zero attached hydrogens (tertiary/aromatic N) is 2. The first-order valence-electron chi connectivity index (χ1n) is 9.57. The summed E-state index contributed by atoms with van der Waals surface area (Å²) in [4.78, 5) is 21.0. The van der Waals surface area contributed by atoms with Gasteiger partial charge in [0.05, 0.1) is 4.90 Å². The van der Waals surface area contributed by atoms with Crippen molar-refractivity contribution in [3.05, 3.63) is 75.8 Å². The van der Waals surface area contributed by atoms with Gasteiger partial charge in [-0.15, -0.1) is 0 Å². The summed E-state index contributed by atoms with van der Waals surface area (Å²) in [7, 11) is -3.85. The third kappa shape index (κ3) is 4.51. The Balaban J connectivity index is 1.52. The van der Waals surface area contributed by atoms with Crippen LogP contribution in [0.2, 0.25) is 0 Å². The molecule has 2 N–H and O–H groups in total. The molecule has 0 saturated heterocycles. The van der Waals surface area contributed by atoms with Crippen molar-refractivity contribution >= 4 is 54.3 Å². The molecule has 32 heavy (non-hydrogen) atoms. The Bertz CT molecular complexity index is 1430. The number of furan rings is 1. The second-order valence-corrected chi connectivity index (χ2v) is 9.82. The van der Waals surface area contributed by atoms with E-state index in [1.54, 1.807) is 26.0 Å². The average Bonchev–Trinajstić information content (AvgIpc) is 3.03. The number of hydrogen-bond acceptors (Lipinski definition) is 6. The first-order valence-corrected chi connectivity index (χ1v) is 11.9. The van der Waals surface area contributed by atoms with Crippen molar-refractivity contribution in [2.24, 2.45) is 0 Å². The minimum Gasteiger partial charge on any atom is -0.451 e. The maximum absolute atomic E-state index is 12.7. The second kappa shape index (κ2) is 8.36. The van der Waals surface area contributed by atoms with E-state index in [2.05, 4.69) is 35.9 Å². The summed E-state index contributed by atoms with van der Waals surface area (Å²) in [5.74, 6) is 0.440. The topological polar surface area (TPSA) is 114 Å². The molecular formula is C22H19BrN4O4S. The van der Waals surface area contributed by atoms with Crippen LogP contribution in [0, 0.1) is 20.8 Å². The molecule has 4 aromatic rings. The predicted molar refractivity (Wildman–Crippen MR) is 125 cm³/mol. The highest BCUT2D eigenvalue weighted by Crippen LogP contribution is 2.28. The van der Waals surface area contributed by atoms with Crippen LogP contribution in [0.1, 0.15) is 27.6 Å². The fourth-order valence-electron chi connectivity index (χ4n) is 3.28. The van der Waals surface area contributed by atoms with Gasteiger partial charge < -0.3 is 9.73 Å². The summed E-state index contributed by atoms with van der Waals surface area (Å²) in [6.45, 7) is 5.25. The average molecular weight is 515 g/mol. The Kier molecular flexibility index (Phi) is 5.74. The largest absolute Gasteiger partial charge is 0.451 e. The lowest BCUT2D eigenvalue weighted by Crippen LogP contribution is -2.15. The first-order chi connectivity index (χ1) is 15.1. The Morgan fingerprint density at radius 1 is 1.00 bits per heavy atom. The van der Waals surface area contributed by atoms with Gasteiger partial charge in [0.2, 0.25) is 0 Å². The molecule has 164 valence electrons. The fraction of sp³-hybridized carbons (Fsp3) is 0.136. The quantitative estimate of drug-likeness (QED) is 0.388. The number of hydrogen-bond donors (Lipinski definition) is 2. The minimum absolute atomic E-state index is 0.0363. The zero-order chi connectivity index (χ0) is 23.0. The summed E-state index contributed by atoms with van der Waals surface area (Å²) in [5, 5.41) is 3.58. The molecule has 0 aliphatic carbocycles. The molecule has 8 nitrogen and oxygen atoms in total. The van der Waals surface area contributed by atoms with Crippen LogP contribution in [0.4, 0.5) is 11.5 Å².